The Hall–Kier alpha value is -1.13. The number of unbranched alkanes of at least 4 members (excludes halogenated alkanes) is 1. The Morgan fingerprint density at radius 3 is 2.58 bits per heavy atom. The second-order valence-electron chi connectivity index (χ2n) is 3.98. The number of hydrogen-bond donors (Lipinski definition) is 2. The number of nitrogens with two attached hydrogens (primary N) is 1. The Morgan fingerprint density at radius 2 is 2.05 bits per heavy atom. The molecular weight excluding hydrogens is 286 g/mol. The van der Waals surface area contributed by atoms with Crippen molar-refractivity contribution >= 4 is 22.4 Å². The van der Waals surface area contributed by atoms with Gasteiger partial charge in [-0.2, -0.15) is 5.26 Å². The summed E-state index contributed by atoms with van der Waals surface area (Å²) in [6, 6.07) is 6.47. The van der Waals surface area contributed by atoms with Crippen LogP contribution >= 0.6 is 12.4 Å². The van der Waals surface area contributed by atoms with E-state index in [9.17, 15) is 8.42 Å². The van der Waals surface area contributed by atoms with Crippen molar-refractivity contribution in [1.82, 2.24) is 4.72 Å². The van der Waals surface area contributed by atoms with Crippen LogP contribution in [0.5, 0.6) is 0 Å². The van der Waals surface area contributed by atoms with Gasteiger partial charge in [-0.05, 0) is 50.1 Å². The average Bonchev–Trinajstić information content (AvgIpc) is 2.34. The van der Waals surface area contributed by atoms with Gasteiger partial charge in [-0.3, -0.25) is 0 Å². The van der Waals surface area contributed by atoms with Crippen LogP contribution in [-0.2, 0) is 10.0 Å². The molecule has 0 bridgehead atoms. The molecule has 0 aromatic heterocycles. The van der Waals surface area contributed by atoms with Crippen LogP contribution in [0, 0.1) is 18.3 Å². The maximum atomic E-state index is 11.9. The Morgan fingerprint density at radius 1 is 1.37 bits per heavy atom. The standard InChI is InChI=1S/C12H17N3O2S.ClH/c1-10-8-12(5-4-11(10)9-14)18(16,17)15-7-3-2-6-13;/h4-5,8,15H,2-3,6-7,13H2,1H3;1H. The third-order valence-corrected chi connectivity index (χ3v) is 4.01. The maximum absolute atomic E-state index is 11.9. The van der Waals surface area contributed by atoms with Gasteiger partial charge < -0.3 is 5.73 Å². The number of nitrogens with one attached hydrogen (secondary N) is 1. The van der Waals surface area contributed by atoms with Crippen LogP contribution in [0.3, 0.4) is 0 Å². The normalized spacial score (nSPS) is 10.6. The van der Waals surface area contributed by atoms with E-state index in [4.69, 9.17) is 11.0 Å². The fraction of sp³-hybridized carbons (Fsp3) is 0.417. The minimum absolute atomic E-state index is 0. The van der Waals surface area contributed by atoms with Crippen molar-refractivity contribution < 1.29 is 8.42 Å². The largest absolute Gasteiger partial charge is 0.330 e. The number of hydrogen-bond acceptors (Lipinski definition) is 4. The van der Waals surface area contributed by atoms with Gasteiger partial charge in [0.25, 0.3) is 0 Å². The second-order valence-corrected chi connectivity index (χ2v) is 5.75. The fourth-order valence-electron chi connectivity index (χ4n) is 1.49. The average molecular weight is 304 g/mol. The minimum atomic E-state index is -3.49. The lowest BCUT2D eigenvalue weighted by atomic mass is 10.1. The topological polar surface area (TPSA) is 96.0 Å². The molecule has 3 N–H and O–H groups in total. The summed E-state index contributed by atoms with van der Waals surface area (Å²) >= 11 is 0. The first-order valence-electron chi connectivity index (χ1n) is 5.72. The number of nitriles is 1. The number of sulfonamides is 1. The van der Waals surface area contributed by atoms with Crippen LogP contribution in [0.4, 0.5) is 0 Å². The van der Waals surface area contributed by atoms with Gasteiger partial charge in [0.2, 0.25) is 10.0 Å². The van der Waals surface area contributed by atoms with Crippen molar-refractivity contribution in [1.29, 1.82) is 5.26 Å². The Bertz CT molecular complexity index is 553. The first-order chi connectivity index (χ1) is 8.51. The molecule has 7 heteroatoms. The number of halogens is 1. The summed E-state index contributed by atoms with van der Waals surface area (Å²) in [6.07, 6.45) is 1.50. The first-order valence-corrected chi connectivity index (χ1v) is 7.20. The van der Waals surface area contributed by atoms with E-state index in [1.54, 1.807) is 6.92 Å². The van der Waals surface area contributed by atoms with Crippen molar-refractivity contribution in [3.63, 3.8) is 0 Å². The molecule has 0 saturated heterocycles. The molecule has 0 aliphatic carbocycles. The second kappa shape index (κ2) is 8.12. The van der Waals surface area contributed by atoms with Crippen LogP contribution in [-0.4, -0.2) is 21.5 Å². The van der Waals surface area contributed by atoms with Gasteiger partial charge in [-0.1, -0.05) is 0 Å². The summed E-state index contributed by atoms with van der Waals surface area (Å²) in [4.78, 5) is 0.187. The molecule has 106 valence electrons. The van der Waals surface area contributed by atoms with E-state index < -0.39 is 10.0 Å². The molecule has 0 fully saturated rings. The lowest BCUT2D eigenvalue weighted by Gasteiger charge is -2.07. The maximum Gasteiger partial charge on any atom is 0.240 e. The molecule has 1 rings (SSSR count). The molecule has 1 aromatic rings. The predicted octanol–water partition coefficient (Wildman–Crippen LogP) is 1.31. The van der Waals surface area contributed by atoms with E-state index in [1.165, 1.54) is 18.2 Å². The predicted molar refractivity (Wildman–Crippen MR) is 76.6 cm³/mol. The highest BCUT2D eigenvalue weighted by atomic mass is 35.5. The van der Waals surface area contributed by atoms with Crippen LogP contribution in [0.15, 0.2) is 23.1 Å². The number of aryl methyl sites for hydroxylation is 1. The van der Waals surface area contributed by atoms with Gasteiger partial charge >= 0.3 is 0 Å². The first kappa shape index (κ1) is 17.9. The van der Waals surface area contributed by atoms with E-state index in [2.05, 4.69) is 4.72 Å². The molecule has 0 heterocycles. The van der Waals surface area contributed by atoms with E-state index in [0.717, 1.165) is 6.42 Å². The van der Waals surface area contributed by atoms with Gasteiger partial charge in [0.15, 0.2) is 0 Å². The molecule has 0 amide bonds. The van der Waals surface area contributed by atoms with Crippen LogP contribution in [0.1, 0.15) is 24.0 Å². The van der Waals surface area contributed by atoms with Gasteiger partial charge in [0.05, 0.1) is 16.5 Å². The van der Waals surface area contributed by atoms with Gasteiger partial charge in [-0.25, -0.2) is 13.1 Å². The molecule has 5 nitrogen and oxygen atoms in total. The quantitative estimate of drug-likeness (QED) is 0.774. The highest BCUT2D eigenvalue weighted by Crippen LogP contribution is 2.14. The van der Waals surface area contributed by atoms with E-state index in [-0.39, 0.29) is 17.3 Å². The summed E-state index contributed by atoms with van der Waals surface area (Å²) < 4.78 is 26.4. The zero-order valence-electron chi connectivity index (χ0n) is 10.7. The molecular formula is C12H18ClN3O2S. The summed E-state index contributed by atoms with van der Waals surface area (Å²) in [5, 5.41) is 8.79. The summed E-state index contributed by atoms with van der Waals surface area (Å²) in [6.45, 7) is 2.64. The zero-order chi connectivity index (χ0) is 13.6. The van der Waals surface area contributed by atoms with Crippen LogP contribution in [0.25, 0.3) is 0 Å². The van der Waals surface area contributed by atoms with E-state index >= 15 is 0 Å². The highest BCUT2D eigenvalue weighted by Gasteiger charge is 2.14. The van der Waals surface area contributed by atoms with Crippen LogP contribution in [0.2, 0.25) is 0 Å². The molecule has 1 aromatic carbocycles. The molecule has 0 aliphatic rings. The lowest BCUT2D eigenvalue weighted by Crippen LogP contribution is -2.25. The summed E-state index contributed by atoms with van der Waals surface area (Å²) in [7, 11) is -3.49. The Labute approximate surface area is 120 Å². The van der Waals surface area contributed by atoms with Crippen molar-refractivity contribution in [2.75, 3.05) is 13.1 Å². The van der Waals surface area contributed by atoms with Crippen molar-refractivity contribution in [3.05, 3.63) is 29.3 Å². The van der Waals surface area contributed by atoms with Gasteiger partial charge in [-0.15, -0.1) is 12.4 Å². The van der Waals surface area contributed by atoms with Crippen molar-refractivity contribution in [2.24, 2.45) is 5.73 Å². The molecule has 0 aliphatic heterocycles. The third kappa shape index (κ3) is 5.17. The highest BCUT2D eigenvalue weighted by molar-refractivity contribution is 7.89. The zero-order valence-corrected chi connectivity index (χ0v) is 12.4. The molecule has 19 heavy (non-hydrogen) atoms. The Kier molecular flexibility index (Phi) is 7.64. The van der Waals surface area contributed by atoms with Gasteiger partial charge in [0, 0.05) is 6.54 Å². The molecule has 0 saturated carbocycles. The monoisotopic (exact) mass is 303 g/mol. The number of benzene rings is 1. The third-order valence-electron chi connectivity index (χ3n) is 2.55. The molecule has 0 radical (unpaired) electrons. The van der Waals surface area contributed by atoms with Crippen LogP contribution < -0.4 is 10.5 Å². The van der Waals surface area contributed by atoms with E-state index in [0.29, 0.717) is 30.6 Å². The summed E-state index contributed by atoms with van der Waals surface area (Å²) in [5.41, 5.74) is 6.47. The van der Waals surface area contributed by atoms with Gasteiger partial charge in [0.1, 0.15) is 0 Å². The molecule has 0 spiro atoms. The molecule has 0 atom stereocenters. The lowest BCUT2D eigenvalue weighted by molar-refractivity contribution is 0.577. The molecule has 0 unspecified atom stereocenters. The Balaban J connectivity index is 0.00000324. The minimum Gasteiger partial charge on any atom is -0.330 e. The smallest absolute Gasteiger partial charge is 0.240 e. The summed E-state index contributed by atoms with van der Waals surface area (Å²) in [5.74, 6) is 0. The van der Waals surface area contributed by atoms with Crippen molar-refractivity contribution in [3.8, 4) is 6.07 Å². The van der Waals surface area contributed by atoms with Crippen molar-refractivity contribution in [2.45, 2.75) is 24.7 Å². The fourth-order valence-corrected chi connectivity index (χ4v) is 2.65. The number of nitrogens with zero attached hydrogens (tertiary/aromatic N) is 1. The van der Waals surface area contributed by atoms with E-state index in [1.807, 2.05) is 6.07 Å². The SMILES string of the molecule is Cc1cc(S(=O)(=O)NCCCCN)ccc1C#N.Cl. The number of rotatable bonds is 6.